The highest BCUT2D eigenvalue weighted by Gasteiger charge is 2.21. The Bertz CT molecular complexity index is 523. The summed E-state index contributed by atoms with van der Waals surface area (Å²) in [6.07, 6.45) is 9.70. The molecule has 1 aliphatic rings. The number of carbonyl (C=O) groups excluding carboxylic acids is 1. The SMILES string of the molecule is CC(=O)OC1(C)C=CC=C(c2ccccc2)C=C1. The van der Waals surface area contributed by atoms with Gasteiger partial charge < -0.3 is 4.74 Å². The molecule has 0 fully saturated rings. The number of carbonyl (C=O) groups is 1. The van der Waals surface area contributed by atoms with E-state index in [4.69, 9.17) is 4.74 Å². The van der Waals surface area contributed by atoms with E-state index in [2.05, 4.69) is 12.1 Å². The van der Waals surface area contributed by atoms with Crippen molar-refractivity contribution in [3.8, 4) is 0 Å². The van der Waals surface area contributed by atoms with E-state index in [9.17, 15) is 4.79 Å². The van der Waals surface area contributed by atoms with Crippen LogP contribution in [0.25, 0.3) is 5.57 Å². The minimum absolute atomic E-state index is 0.282. The van der Waals surface area contributed by atoms with Crippen molar-refractivity contribution >= 4 is 11.5 Å². The first-order valence-corrected chi connectivity index (χ1v) is 5.93. The van der Waals surface area contributed by atoms with Crippen LogP contribution >= 0.6 is 0 Å². The number of hydrogen-bond donors (Lipinski definition) is 0. The van der Waals surface area contributed by atoms with Crippen molar-refractivity contribution < 1.29 is 9.53 Å². The summed E-state index contributed by atoms with van der Waals surface area (Å²) in [4.78, 5) is 11.1. The molecular formula is C16H16O2. The normalized spacial score (nSPS) is 22.2. The van der Waals surface area contributed by atoms with Gasteiger partial charge in [0, 0.05) is 6.92 Å². The molecule has 1 aromatic carbocycles. The van der Waals surface area contributed by atoms with Crippen LogP contribution in [0, 0.1) is 0 Å². The van der Waals surface area contributed by atoms with E-state index >= 15 is 0 Å². The zero-order valence-corrected chi connectivity index (χ0v) is 10.6. The van der Waals surface area contributed by atoms with Gasteiger partial charge in [-0.05, 0) is 30.2 Å². The van der Waals surface area contributed by atoms with Gasteiger partial charge in [0.25, 0.3) is 0 Å². The van der Waals surface area contributed by atoms with Gasteiger partial charge in [-0.1, -0.05) is 48.6 Å². The zero-order chi connectivity index (χ0) is 13.0. The fourth-order valence-electron chi connectivity index (χ4n) is 1.91. The van der Waals surface area contributed by atoms with Crippen LogP contribution in [-0.4, -0.2) is 11.6 Å². The molecule has 0 aromatic heterocycles. The molecule has 2 nitrogen and oxygen atoms in total. The lowest BCUT2D eigenvalue weighted by atomic mass is 10.0. The molecule has 1 aromatic rings. The number of allylic oxidation sites excluding steroid dienone is 4. The monoisotopic (exact) mass is 240 g/mol. The van der Waals surface area contributed by atoms with Gasteiger partial charge in [-0.25, -0.2) is 0 Å². The highest BCUT2D eigenvalue weighted by Crippen LogP contribution is 2.24. The number of hydrogen-bond acceptors (Lipinski definition) is 2. The van der Waals surface area contributed by atoms with Crippen molar-refractivity contribution in [2.24, 2.45) is 0 Å². The third-order valence-electron chi connectivity index (χ3n) is 2.77. The molecule has 0 bridgehead atoms. The average Bonchev–Trinajstić information content (AvgIpc) is 2.51. The van der Waals surface area contributed by atoms with E-state index in [1.165, 1.54) is 6.92 Å². The minimum atomic E-state index is -0.668. The van der Waals surface area contributed by atoms with Crippen LogP contribution < -0.4 is 0 Å². The molecule has 0 heterocycles. The summed E-state index contributed by atoms with van der Waals surface area (Å²) >= 11 is 0. The highest BCUT2D eigenvalue weighted by molar-refractivity contribution is 5.76. The molecule has 0 N–H and O–H groups in total. The summed E-state index contributed by atoms with van der Waals surface area (Å²) in [5, 5.41) is 0. The molecule has 18 heavy (non-hydrogen) atoms. The summed E-state index contributed by atoms with van der Waals surface area (Å²) in [6.45, 7) is 3.28. The zero-order valence-electron chi connectivity index (χ0n) is 10.6. The number of esters is 1. The van der Waals surface area contributed by atoms with Gasteiger partial charge >= 0.3 is 5.97 Å². The van der Waals surface area contributed by atoms with Crippen molar-refractivity contribution in [3.05, 3.63) is 66.3 Å². The lowest BCUT2D eigenvalue weighted by Crippen LogP contribution is -2.25. The van der Waals surface area contributed by atoms with Crippen LogP contribution in [0.2, 0.25) is 0 Å². The van der Waals surface area contributed by atoms with Gasteiger partial charge in [-0.15, -0.1) is 0 Å². The summed E-state index contributed by atoms with van der Waals surface area (Å²) in [5.41, 5.74) is 1.58. The van der Waals surface area contributed by atoms with Gasteiger partial charge in [0.1, 0.15) is 5.60 Å². The molecule has 0 amide bonds. The number of benzene rings is 1. The van der Waals surface area contributed by atoms with Crippen molar-refractivity contribution in [3.63, 3.8) is 0 Å². The molecule has 0 aliphatic heterocycles. The van der Waals surface area contributed by atoms with Crippen LogP contribution in [0.4, 0.5) is 0 Å². The first kappa shape index (κ1) is 12.4. The Labute approximate surface area is 107 Å². The maximum Gasteiger partial charge on any atom is 0.303 e. The lowest BCUT2D eigenvalue weighted by Gasteiger charge is -2.21. The predicted octanol–water partition coefficient (Wildman–Crippen LogP) is 3.52. The molecule has 1 atom stereocenters. The van der Waals surface area contributed by atoms with Crippen LogP contribution in [0.3, 0.4) is 0 Å². The molecule has 1 aliphatic carbocycles. The maximum absolute atomic E-state index is 11.1. The predicted molar refractivity (Wildman–Crippen MR) is 72.9 cm³/mol. The van der Waals surface area contributed by atoms with Gasteiger partial charge in [0.05, 0.1) is 0 Å². The Balaban J connectivity index is 2.25. The average molecular weight is 240 g/mol. The van der Waals surface area contributed by atoms with Gasteiger partial charge in [0.15, 0.2) is 0 Å². The van der Waals surface area contributed by atoms with Gasteiger partial charge in [0.2, 0.25) is 0 Å². The molecule has 92 valence electrons. The Morgan fingerprint density at radius 2 is 1.89 bits per heavy atom. The van der Waals surface area contributed by atoms with Crippen molar-refractivity contribution in [1.82, 2.24) is 0 Å². The van der Waals surface area contributed by atoms with E-state index in [1.54, 1.807) is 0 Å². The van der Waals surface area contributed by atoms with Crippen molar-refractivity contribution in [1.29, 1.82) is 0 Å². The lowest BCUT2D eigenvalue weighted by molar-refractivity contribution is -0.147. The molecule has 0 saturated carbocycles. The topological polar surface area (TPSA) is 26.3 Å². The van der Waals surface area contributed by atoms with Crippen molar-refractivity contribution in [2.75, 3.05) is 0 Å². The minimum Gasteiger partial charge on any atom is -0.451 e. The third-order valence-corrected chi connectivity index (χ3v) is 2.77. The smallest absolute Gasteiger partial charge is 0.303 e. The first-order chi connectivity index (χ1) is 8.59. The summed E-state index contributed by atoms with van der Waals surface area (Å²) in [5.74, 6) is -0.282. The van der Waals surface area contributed by atoms with Crippen LogP contribution in [0.5, 0.6) is 0 Å². The first-order valence-electron chi connectivity index (χ1n) is 5.93. The quantitative estimate of drug-likeness (QED) is 0.739. The van der Waals surface area contributed by atoms with E-state index in [0.29, 0.717) is 0 Å². The number of rotatable bonds is 2. The Kier molecular flexibility index (Phi) is 3.47. The largest absolute Gasteiger partial charge is 0.451 e. The molecule has 2 heteroatoms. The highest BCUT2D eigenvalue weighted by atomic mass is 16.6. The second-order valence-electron chi connectivity index (χ2n) is 4.46. The molecule has 0 saturated heterocycles. The van der Waals surface area contributed by atoms with E-state index < -0.39 is 5.60 Å². The van der Waals surface area contributed by atoms with Gasteiger partial charge in [-0.2, -0.15) is 0 Å². The summed E-state index contributed by atoms with van der Waals surface area (Å²) in [6, 6.07) is 10.1. The van der Waals surface area contributed by atoms with E-state index in [1.807, 2.05) is 55.5 Å². The maximum atomic E-state index is 11.1. The second-order valence-corrected chi connectivity index (χ2v) is 4.46. The van der Waals surface area contributed by atoms with E-state index in [-0.39, 0.29) is 5.97 Å². The Morgan fingerprint density at radius 1 is 1.17 bits per heavy atom. The van der Waals surface area contributed by atoms with E-state index in [0.717, 1.165) is 11.1 Å². The standard InChI is InChI=1S/C16H16O2/c1-13(17)18-16(2)11-6-9-15(10-12-16)14-7-4-3-5-8-14/h3-12H,1-2H3. The second kappa shape index (κ2) is 5.05. The van der Waals surface area contributed by atoms with Crippen LogP contribution in [0.15, 0.2) is 60.7 Å². The summed E-state index contributed by atoms with van der Waals surface area (Å²) in [7, 11) is 0. The number of ether oxygens (including phenoxy) is 1. The fraction of sp³-hybridized carbons (Fsp3) is 0.188. The molecule has 1 unspecified atom stereocenters. The Hall–Kier alpha value is -2.09. The summed E-state index contributed by atoms with van der Waals surface area (Å²) < 4.78 is 5.30. The molecule has 0 spiro atoms. The van der Waals surface area contributed by atoms with Crippen molar-refractivity contribution in [2.45, 2.75) is 19.4 Å². The van der Waals surface area contributed by atoms with Gasteiger partial charge in [-0.3, -0.25) is 4.79 Å². The molecule has 2 rings (SSSR count). The molecule has 0 radical (unpaired) electrons. The third kappa shape index (κ3) is 2.98. The Morgan fingerprint density at radius 3 is 2.56 bits per heavy atom. The fourth-order valence-corrected chi connectivity index (χ4v) is 1.91. The van der Waals surface area contributed by atoms with Crippen LogP contribution in [-0.2, 0) is 9.53 Å². The van der Waals surface area contributed by atoms with Crippen LogP contribution in [0.1, 0.15) is 19.4 Å². The molecular weight excluding hydrogens is 224 g/mol.